The Bertz CT molecular complexity index is 565. The van der Waals surface area contributed by atoms with Crippen molar-refractivity contribution in [2.24, 2.45) is 0 Å². The van der Waals surface area contributed by atoms with Crippen LogP contribution in [-0.4, -0.2) is 23.9 Å². The highest BCUT2D eigenvalue weighted by Crippen LogP contribution is 2.26. The Hall–Kier alpha value is -1.33. The van der Waals surface area contributed by atoms with E-state index in [9.17, 15) is 0 Å². The van der Waals surface area contributed by atoms with E-state index in [4.69, 9.17) is 4.74 Å². The fourth-order valence-corrected chi connectivity index (χ4v) is 3.01. The summed E-state index contributed by atoms with van der Waals surface area (Å²) >= 11 is 3.62. The van der Waals surface area contributed by atoms with E-state index in [1.165, 1.54) is 11.3 Å². The molecule has 5 heteroatoms. The molecule has 0 spiro atoms. The Balaban J connectivity index is 2.21. The molecule has 4 nitrogen and oxygen atoms in total. The van der Waals surface area contributed by atoms with Gasteiger partial charge in [-0.05, 0) is 53.5 Å². The summed E-state index contributed by atoms with van der Waals surface area (Å²) in [5.74, 6) is 0.886. The SMILES string of the molecule is CCCn1ncc(Br)c1C(Cc1ccc(OC)cc1)NC. The van der Waals surface area contributed by atoms with Crippen LogP contribution in [0.15, 0.2) is 34.9 Å². The molecule has 0 fully saturated rings. The van der Waals surface area contributed by atoms with Gasteiger partial charge < -0.3 is 10.1 Å². The average molecular weight is 352 g/mol. The van der Waals surface area contributed by atoms with Gasteiger partial charge >= 0.3 is 0 Å². The van der Waals surface area contributed by atoms with Gasteiger partial charge in [0, 0.05) is 6.54 Å². The predicted molar refractivity (Wildman–Crippen MR) is 88.7 cm³/mol. The molecule has 1 aromatic heterocycles. The first-order valence-electron chi connectivity index (χ1n) is 7.21. The highest BCUT2D eigenvalue weighted by molar-refractivity contribution is 9.10. The summed E-state index contributed by atoms with van der Waals surface area (Å²) in [5, 5.41) is 7.85. The number of benzene rings is 1. The molecule has 0 saturated heterocycles. The Labute approximate surface area is 134 Å². The second-order valence-corrected chi connectivity index (χ2v) is 5.85. The number of likely N-dealkylation sites (N-methyl/N-ethyl adjacent to an activating group) is 1. The Morgan fingerprint density at radius 2 is 2.05 bits per heavy atom. The lowest BCUT2D eigenvalue weighted by Crippen LogP contribution is -2.23. The Morgan fingerprint density at radius 3 is 2.62 bits per heavy atom. The van der Waals surface area contributed by atoms with Gasteiger partial charge in [-0.3, -0.25) is 4.68 Å². The van der Waals surface area contributed by atoms with Crippen LogP contribution in [0.4, 0.5) is 0 Å². The zero-order valence-electron chi connectivity index (χ0n) is 12.8. The first kappa shape index (κ1) is 16.0. The molecule has 1 unspecified atom stereocenters. The largest absolute Gasteiger partial charge is 0.497 e. The van der Waals surface area contributed by atoms with E-state index in [0.29, 0.717) is 0 Å². The summed E-state index contributed by atoms with van der Waals surface area (Å²) in [7, 11) is 3.68. The van der Waals surface area contributed by atoms with Gasteiger partial charge in [0.05, 0.1) is 29.5 Å². The molecule has 1 heterocycles. The molecular weight excluding hydrogens is 330 g/mol. The van der Waals surface area contributed by atoms with Gasteiger partial charge in [0.2, 0.25) is 0 Å². The summed E-state index contributed by atoms with van der Waals surface area (Å²) in [5.41, 5.74) is 2.47. The summed E-state index contributed by atoms with van der Waals surface area (Å²) < 4.78 is 8.34. The molecule has 114 valence electrons. The zero-order valence-corrected chi connectivity index (χ0v) is 14.4. The summed E-state index contributed by atoms with van der Waals surface area (Å²) in [4.78, 5) is 0. The maximum atomic E-state index is 5.21. The van der Waals surface area contributed by atoms with Crippen molar-refractivity contribution in [2.75, 3.05) is 14.2 Å². The van der Waals surface area contributed by atoms with Crippen LogP contribution in [0.25, 0.3) is 0 Å². The molecule has 0 aliphatic rings. The third-order valence-corrected chi connectivity index (χ3v) is 4.16. The molecule has 0 bridgehead atoms. The maximum Gasteiger partial charge on any atom is 0.118 e. The van der Waals surface area contributed by atoms with Crippen LogP contribution in [0.1, 0.15) is 30.6 Å². The molecule has 1 aromatic carbocycles. The van der Waals surface area contributed by atoms with Crippen LogP contribution in [0.3, 0.4) is 0 Å². The molecule has 21 heavy (non-hydrogen) atoms. The lowest BCUT2D eigenvalue weighted by molar-refractivity contribution is 0.414. The van der Waals surface area contributed by atoms with Crippen molar-refractivity contribution >= 4 is 15.9 Å². The van der Waals surface area contributed by atoms with Crippen molar-refractivity contribution in [1.29, 1.82) is 0 Å². The lowest BCUT2D eigenvalue weighted by Gasteiger charge is -2.19. The number of methoxy groups -OCH3 is 1. The van der Waals surface area contributed by atoms with E-state index >= 15 is 0 Å². The first-order chi connectivity index (χ1) is 10.2. The van der Waals surface area contributed by atoms with Gasteiger partial charge in [-0.1, -0.05) is 19.1 Å². The van der Waals surface area contributed by atoms with Crippen molar-refractivity contribution < 1.29 is 4.74 Å². The minimum atomic E-state index is 0.224. The van der Waals surface area contributed by atoms with Gasteiger partial charge in [0.15, 0.2) is 0 Å². The minimum Gasteiger partial charge on any atom is -0.497 e. The molecule has 1 atom stereocenters. The first-order valence-corrected chi connectivity index (χ1v) is 8.00. The number of ether oxygens (including phenoxy) is 1. The smallest absolute Gasteiger partial charge is 0.118 e. The Morgan fingerprint density at radius 1 is 1.33 bits per heavy atom. The van der Waals surface area contributed by atoms with Gasteiger partial charge in [0.25, 0.3) is 0 Å². The fourth-order valence-electron chi connectivity index (χ4n) is 2.44. The third kappa shape index (κ3) is 3.86. The molecule has 0 aliphatic heterocycles. The van der Waals surface area contributed by atoms with Crippen molar-refractivity contribution in [3.63, 3.8) is 0 Å². The molecular formula is C16H22BrN3O. The minimum absolute atomic E-state index is 0.224. The van der Waals surface area contributed by atoms with E-state index < -0.39 is 0 Å². The Kier molecular flexibility index (Phi) is 5.82. The van der Waals surface area contributed by atoms with E-state index in [0.717, 1.165) is 29.6 Å². The van der Waals surface area contributed by atoms with Crippen LogP contribution >= 0.6 is 15.9 Å². The number of halogens is 1. The number of rotatable bonds is 7. The zero-order chi connectivity index (χ0) is 15.2. The van der Waals surface area contributed by atoms with Crippen LogP contribution in [-0.2, 0) is 13.0 Å². The van der Waals surface area contributed by atoms with Crippen molar-refractivity contribution in [3.05, 3.63) is 46.2 Å². The number of hydrogen-bond donors (Lipinski definition) is 1. The molecule has 0 saturated carbocycles. The van der Waals surface area contributed by atoms with Gasteiger partial charge in [0.1, 0.15) is 5.75 Å². The van der Waals surface area contributed by atoms with Crippen LogP contribution in [0, 0.1) is 0 Å². The number of nitrogens with one attached hydrogen (secondary N) is 1. The number of nitrogens with zero attached hydrogens (tertiary/aromatic N) is 2. The fraction of sp³-hybridized carbons (Fsp3) is 0.438. The number of aryl methyl sites for hydroxylation is 1. The summed E-state index contributed by atoms with van der Waals surface area (Å²) in [6.45, 7) is 3.10. The van der Waals surface area contributed by atoms with E-state index in [1.807, 2.05) is 25.4 Å². The predicted octanol–water partition coefficient (Wildman–Crippen LogP) is 3.57. The standard InChI is InChI=1S/C16H22BrN3O/c1-4-9-20-16(14(17)11-19-20)15(18-2)10-12-5-7-13(21-3)8-6-12/h5-8,11,15,18H,4,9-10H2,1-3H3. The van der Waals surface area contributed by atoms with Crippen LogP contribution in [0.2, 0.25) is 0 Å². The third-order valence-electron chi connectivity index (χ3n) is 3.55. The average Bonchev–Trinajstić information content (AvgIpc) is 2.87. The van der Waals surface area contributed by atoms with Gasteiger partial charge in [-0.15, -0.1) is 0 Å². The van der Waals surface area contributed by atoms with E-state index in [-0.39, 0.29) is 6.04 Å². The lowest BCUT2D eigenvalue weighted by atomic mass is 10.0. The molecule has 0 radical (unpaired) electrons. The van der Waals surface area contributed by atoms with Crippen molar-refractivity contribution in [3.8, 4) is 5.75 Å². The number of hydrogen-bond acceptors (Lipinski definition) is 3. The molecule has 1 N–H and O–H groups in total. The van der Waals surface area contributed by atoms with E-state index in [2.05, 4.69) is 50.1 Å². The summed E-state index contributed by atoms with van der Waals surface area (Å²) in [6, 6.07) is 8.44. The normalized spacial score (nSPS) is 12.4. The second-order valence-electron chi connectivity index (χ2n) is 4.99. The van der Waals surface area contributed by atoms with Gasteiger partial charge in [-0.2, -0.15) is 5.10 Å². The van der Waals surface area contributed by atoms with E-state index in [1.54, 1.807) is 7.11 Å². The molecule has 2 aromatic rings. The highest BCUT2D eigenvalue weighted by Gasteiger charge is 2.19. The van der Waals surface area contributed by atoms with Crippen LogP contribution < -0.4 is 10.1 Å². The van der Waals surface area contributed by atoms with Gasteiger partial charge in [-0.25, -0.2) is 0 Å². The maximum absolute atomic E-state index is 5.21. The highest BCUT2D eigenvalue weighted by atomic mass is 79.9. The number of aromatic nitrogens is 2. The monoisotopic (exact) mass is 351 g/mol. The topological polar surface area (TPSA) is 39.1 Å². The molecule has 0 aliphatic carbocycles. The molecule has 2 rings (SSSR count). The van der Waals surface area contributed by atoms with Crippen molar-refractivity contribution in [1.82, 2.24) is 15.1 Å². The summed E-state index contributed by atoms with van der Waals surface area (Å²) in [6.07, 6.45) is 3.86. The molecule has 0 amide bonds. The quantitative estimate of drug-likeness (QED) is 0.828. The second kappa shape index (κ2) is 7.61. The van der Waals surface area contributed by atoms with Crippen LogP contribution in [0.5, 0.6) is 5.75 Å². The van der Waals surface area contributed by atoms with Crippen molar-refractivity contribution in [2.45, 2.75) is 32.4 Å².